The number of hydrogen-bond donors (Lipinski definition) is 2. The maximum atomic E-state index is 14.4. The number of aromatic nitrogens is 1. The van der Waals surface area contributed by atoms with Crippen molar-refractivity contribution >= 4 is 17.5 Å². The van der Waals surface area contributed by atoms with Crippen LogP contribution < -0.4 is 15.8 Å². The lowest BCUT2D eigenvalue weighted by Crippen LogP contribution is -2.47. The van der Waals surface area contributed by atoms with Crippen molar-refractivity contribution in [2.45, 2.75) is 51.2 Å². The smallest absolute Gasteiger partial charge is 0.417 e. The van der Waals surface area contributed by atoms with Gasteiger partial charge in [-0.15, -0.1) is 0 Å². The Morgan fingerprint density at radius 2 is 1.89 bits per heavy atom. The van der Waals surface area contributed by atoms with Gasteiger partial charge in [-0.1, -0.05) is 13.0 Å². The van der Waals surface area contributed by atoms with Crippen LogP contribution in [0.5, 0.6) is 5.75 Å². The number of ether oxygens (including phenoxy) is 2. The van der Waals surface area contributed by atoms with Crippen molar-refractivity contribution in [2.24, 2.45) is 11.7 Å². The number of nitrogens with two attached hydrogens (primary N) is 1. The molecular weight excluding hydrogens is 503 g/mol. The highest BCUT2D eigenvalue weighted by molar-refractivity contribution is 5.98. The number of hydrogen-bond acceptors (Lipinski definition) is 5. The van der Waals surface area contributed by atoms with Crippen LogP contribution in [0.2, 0.25) is 0 Å². The van der Waals surface area contributed by atoms with Gasteiger partial charge in [-0.25, -0.2) is 4.39 Å². The van der Waals surface area contributed by atoms with Crippen molar-refractivity contribution in [3.8, 4) is 5.75 Å². The van der Waals surface area contributed by atoms with Crippen LogP contribution in [0.4, 0.5) is 36.4 Å². The minimum Gasteiger partial charge on any atom is -0.431 e. The summed E-state index contributed by atoms with van der Waals surface area (Å²) in [6.07, 6.45) is -5.90. The summed E-state index contributed by atoms with van der Waals surface area (Å²) in [5.41, 5.74) is 1.53. The lowest BCUT2D eigenvalue weighted by Gasteiger charge is -2.32. The van der Waals surface area contributed by atoms with E-state index < -0.39 is 71.1 Å². The number of carbonyl (C=O) groups is 2. The molecule has 196 valence electrons. The second-order valence-electron chi connectivity index (χ2n) is 8.35. The molecule has 1 aliphatic rings. The van der Waals surface area contributed by atoms with Crippen molar-refractivity contribution in [2.75, 3.05) is 5.32 Å². The van der Waals surface area contributed by atoms with Gasteiger partial charge in [0.25, 0.3) is 11.8 Å². The molecule has 0 saturated carbocycles. The first-order chi connectivity index (χ1) is 16.6. The number of amides is 2. The van der Waals surface area contributed by atoms with Crippen molar-refractivity contribution in [1.29, 1.82) is 0 Å². The molecule has 1 saturated heterocycles. The normalized spacial score (nSPS) is 24.1. The number of carbonyl (C=O) groups excluding carboxylic acids is 2. The molecule has 3 rings (SSSR count). The summed E-state index contributed by atoms with van der Waals surface area (Å²) < 4.78 is 105. The fourth-order valence-electron chi connectivity index (χ4n) is 4.04. The Balaban J connectivity index is 2.13. The zero-order chi connectivity index (χ0) is 27.2. The molecule has 0 spiro atoms. The molecule has 2 heterocycles. The molecule has 2 aromatic rings. The van der Waals surface area contributed by atoms with Crippen LogP contribution >= 0.6 is 0 Å². The fraction of sp³-hybridized carbons (Fsp3) is 0.409. The highest BCUT2D eigenvalue weighted by Crippen LogP contribution is 2.55. The number of halogens is 7. The van der Waals surface area contributed by atoms with E-state index in [1.165, 1.54) is 13.1 Å². The summed E-state index contributed by atoms with van der Waals surface area (Å²) in [6.45, 7) is -0.506. The van der Waals surface area contributed by atoms with E-state index in [0.717, 1.165) is 19.1 Å². The number of aryl methyl sites for hydroxylation is 1. The predicted molar refractivity (Wildman–Crippen MR) is 110 cm³/mol. The van der Waals surface area contributed by atoms with Gasteiger partial charge >= 0.3 is 12.8 Å². The van der Waals surface area contributed by atoms with E-state index in [-0.39, 0.29) is 11.4 Å². The quantitative estimate of drug-likeness (QED) is 0.545. The molecule has 0 bridgehead atoms. The molecule has 1 aromatic carbocycles. The number of anilines is 1. The van der Waals surface area contributed by atoms with E-state index in [0.29, 0.717) is 18.6 Å². The van der Waals surface area contributed by atoms with E-state index in [4.69, 9.17) is 10.5 Å². The minimum absolute atomic E-state index is 0.0474. The van der Waals surface area contributed by atoms with Gasteiger partial charge < -0.3 is 20.5 Å². The highest BCUT2D eigenvalue weighted by Gasteiger charge is 2.66. The number of nitrogens with one attached hydrogen (secondary N) is 1. The molecule has 1 fully saturated rings. The molecule has 2 amide bonds. The first-order valence-electron chi connectivity index (χ1n) is 10.3. The summed E-state index contributed by atoms with van der Waals surface area (Å²) in [7, 11) is 0. The van der Waals surface area contributed by atoms with Gasteiger partial charge in [0.1, 0.15) is 11.8 Å². The van der Waals surface area contributed by atoms with E-state index in [9.17, 15) is 40.3 Å². The maximum absolute atomic E-state index is 14.4. The number of nitrogens with zero attached hydrogens (tertiary/aromatic N) is 1. The zero-order valence-electron chi connectivity index (χ0n) is 18.9. The SMILES string of the molecule is Cc1cnc(C(N)=O)cc1NC(=O)[C@@H]1O[C@@](C)(C(F)(F)F)[C@@H](C)[C@H]1c1ccc(F)c(F)c1OC(F)F. The molecule has 0 aliphatic carbocycles. The highest BCUT2D eigenvalue weighted by atomic mass is 19.4. The molecule has 0 radical (unpaired) electrons. The van der Waals surface area contributed by atoms with Crippen LogP contribution in [0.15, 0.2) is 24.4 Å². The number of alkyl halides is 5. The number of rotatable bonds is 6. The third-order valence-electron chi connectivity index (χ3n) is 6.19. The van der Waals surface area contributed by atoms with Crippen LogP contribution in [-0.2, 0) is 9.53 Å². The van der Waals surface area contributed by atoms with Gasteiger partial charge in [-0.3, -0.25) is 14.6 Å². The number of primary amides is 1. The molecule has 1 aromatic heterocycles. The molecule has 0 unspecified atom stereocenters. The van der Waals surface area contributed by atoms with Crippen LogP contribution in [0.3, 0.4) is 0 Å². The predicted octanol–water partition coefficient (Wildman–Crippen LogP) is 4.45. The van der Waals surface area contributed by atoms with Crippen LogP contribution in [-0.4, -0.2) is 41.3 Å². The Labute approximate surface area is 199 Å². The Bertz CT molecular complexity index is 1190. The average Bonchev–Trinajstić information content (AvgIpc) is 3.05. The standard InChI is InChI=1S/C22H20F7N3O4/c1-8-7-31-13(18(30)33)6-12(8)32-19(34)17-14(9(2)21(3,36-17)22(27,28)29)10-4-5-11(23)15(24)16(10)35-20(25)26/h4-7,9,14,17,20H,1-3H3,(H2,30,33)(H,31,32,34)/t9-,14-,17+,21+/m0/s1. The third kappa shape index (κ3) is 4.81. The van der Waals surface area contributed by atoms with Gasteiger partial charge in [-0.2, -0.15) is 26.3 Å². The average molecular weight is 523 g/mol. The minimum atomic E-state index is -5.05. The van der Waals surface area contributed by atoms with Crippen molar-refractivity contribution < 1.29 is 49.8 Å². The second-order valence-corrected chi connectivity index (χ2v) is 8.35. The Kier molecular flexibility index (Phi) is 7.22. The number of benzene rings is 1. The summed E-state index contributed by atoms with van der Waals surface area (Å²) in [4.78, 5) is 28.4. The Hall–Kier alpha value is -3.42. The summed E-state index contributed by atoms with van der Waals surface area (Å²) in [5, 5.41) is 2.31. The lowest BCUT2D eigenvalue weighted by molar-refractivity contribution is -0.272. The van der Waals surface area contributed by atoms with Gasteiger partial charge in [0.05, 0.1) is 0 Å². The molecule has 3 N–H and O–H groups in total. The molecule has 4 atom stereocenters. The van der Waals surface area contributed by atoms with E-state index in [2.05, 4.69) is 15.0 Å². The largest absolute Gasteiger partial charge is 0.431 e. The Morgan fingerprint density at radius 1 is 1.25 bits per heavy atom. The van der Waals surface area contributed by atoms with Crippen molar-refractivity contribution in [3.63, 3.8) is 0 Å². The van der Waals surface area contributed by atoms with Crippen molar-refractivity contribution in [3.05, 3.63) is 52.9 Å². The van der Waals surface area contributed by atoms with Crippen molar-refractivity contribution in [1.82, 2.24) is 4.98 Å². The van der Waals surface area contributed by atoms with Crippen LogP contribution in [0, 0.1) is 24.5 Å². The summed E-state index contributed by atoms with van der Waals surface area (Å²) in [6, 6.07) is 2.35. The fourth-order valence-corrected chi connectivity index (χ4v) is 4.04. The van der Waals surface area contributed by atoms with E-state index in [1.807, 2.05) is 0 Å². The van der Waals surface area contributed by atoms with Crippen LogP contribution in [0.25, 0.3) is 0 Å². The molecule has 14 heteroatoms. The maximum Gasteiger partial charge on any atom is 0.417 e. The second kappa shape index (κ2) is 9.56. The zero-order valence-corrected chi connectivity index (χ0v) is 18.9. The summed E-state index contributed by atoms with van der Waals surface area (Å²) in [5.74, 6) is -10.3. The third-order valence-corrected chi connectivity index (χ3v) is 6.19. The molecule has 1 aliphatic heterocycles. The Morgan fingerprint density at radius 3 is 2.44 bits per heavy atom. The molecule has 7 nitrogen and oxygen atoms in total. The van der Waals surface area contributed by atoms with Gasteiger partial charge in [-0.05, 0) is 31.5 Å². The lowest BCUT2D eigenvalue weighted by atomic mass is 9.77. The van der Waals surface area contributed by atoms with Gasteiger partial charge in [0.2, 0.25) is 5.82 Å². The topological polar surface area (TPSA) is 104 Å². The monoisotopic (exact) mass is 523 g/mol. The first kappa shape index (κ1) is 27.2. The summed E-state index contributed by atoms with van der Waals surface area (Å²) >= 11 is 0. The van der Waals surface area contributed by atoms with Gasteiger partial charge in [0, 0.05) is 29.3 Å². The number of pyridine rings is 1. The molecular formula is C22H20F7N3O4. The molecule has 36 heavy (non-hydrogen) atoms. The van der Waals surface area contributed by atoms with E-state index in [1.54, 1.807) is 0 Å². The first-order valence-corrected chi connectivity index (χ1v) is 10.3. The van der Waals surface area contributed by atoms with Gasteiger partial charge in [0.15, 0.2) is 17.2 Å². The van der Waals surface area contributed by atoms with E-state index >= 15 is 0 Å². The van der Waals surface area contributed by atoms with Crippen LogP contribution in [0.1, 0.15) is 41.4 Å².